The molecule has 122 valence electrons. The van der Waals surface area contributed by atoms with E-state index >= 15 is 0 Å². The molecule has 4 nitrogen and oxygen atoms in total. The van der Waals surface area contributed by atoms with E-state index < -0.39 is 0 Å². The minimum atomic E-state index is 0.522. The van der Waals surface area contributed by atoms with Gasteiger partial charge in [0.25, 0.3) is 0 Å². The van der Waals surface area contributed by atoms with E-state index in [-0.39, 0.29) is 0 Å². The van der Waals surface area contributed by atoms with Crippen LogP contribution in [0.25, 0.3) is 0 Å². The number of hydrogen-bond donors (Lipinski definition) is 3. The summed E-state index contributed by atoms with van der Waals surface area (Å²) in [5.74, 6) is 1.20. The van der Waals surface area contributed by atoms with E-state index in [1.54, 1.807) is 0 Å². The summed E-state index contributed by atoms with van der Waals surface area (Å²) in [6, 6.07) is 17.1. The number of hydrogen-bond acceptors (Lipinski definition) is 4. The van der Waals surface area contributed by atoms with Crippen molar-refractivity contribution in [1.29, 1.82) is 0 Å². The lowest BCUT2D eigenvalue weighted by molar-refractivity contribution is 0.419. The highest BCUT2D eigenvalue weighted by molar-refractivity contribution is 5.29. The summed E-state index contributed by atoms with van der Waals surface area (Å²) in [5.41, 5.74) is 8.29. The summed E-state index contributed by atoms with van der Waals surface area (Å²) in [5, 5.41) is 7.21. The highest BCUT2D eigenvalue weighted by atomic mass is 15.0. The van der Waals surface area contributed by atoms with E-state index in [1.165, 1.54) is 12.0 Å². The smallest absolute Gasteiger partial charge is 0.123 e. The van der Waals surface area contributed by atoms with Gasteiger partial charge < -0.3 is 16.4 Å². The minimum absolute atomic E-state index is 0.522. The number of nitrogens with zero attached hydrogens (tertiary/aromatic N) is 1. The monoisotopic (exact) mass is 310 g/mol. The van der Waals surface area contributed by atoms with E-state index in [9.17, 15) is 0 Å². The Morgan fingerprint density at radius 2 is 1.96 bits per heavy atom. The predicted octanol–water partition coefficient (Wildman–Crippen LogP) is 2.02. The zero-order chi connectivity index (χ0) is 15.9. The van der Waals surface area contributed by atoms with Crippen molar-refractivity contribution < 1.29 is 0 Å². The summed E-state index contributed by atoms with van der Waals surface area (Å²) in [6.07, 6.45) is 3.29. The summed E-state index contributed by atoms with van der Waals surface area (Å²) in [4.78, 5) is 4.43. The quantitative estimate of drug-likeness (QED) is 0.685. The third-order valence-corrected chi connectivity index (χ3v) is 4.53. The van der Waals surface area contributed by atoms with Gasteiger partial charge in [0.05, 0.1) is 0 Å². The van der Waals surface area contributed by atoms with E-state index in [2.05, 4.69) is 52.0 Å². The maximum atomic E-state index is 5.78. The van der Waals surface area contributed by atoms with Gasteiger partial charge >= 0.3 is 0 Å². The van der Waals surface area contributed by atoms with Crippen molar-refractivity contribution in [2.24, 2.45) is 5.92 Å². The van der Waals surface area contributed by atoms with Crippen LogP contribution in [0.1, 0.15) is 17.7 Å². The first-order valence-corrected chi connectivity index (χ1v) is 8.51. The Kier molecular flexibility index (Phi) is 5.61. The molecule has 2 heterocycles. The zero-order valence-electron chi connectivity index (χ0n) is 13.5. The molecule has 1 aliphatic rings. The van der Waals surface area contributed by atoms with Crippen LogP contribution in [0.4, 0.5) is 5.82 Å². The Labute approximate surface area is 138 Å². The van der Waals surface area contributed by atoms with Gasteiger partial charge in [-0.2, -0.15) is 0 Å². The Balaban J connectivity index is 1.44. The highest BCUT2D eigenvalue weighted by Gasteiger charge is 2.26. The Morgan fingerprint density at radius 3 is 2.78 bits per heavy atom. The second kappa shape index (κ2) is 8.09. The summed E-state index contributed by atoms with van der Waals surface area (Å²) in [7, 11) is 0. The molecule has 23 heavy (non-hydrogen) atoms. The molecule has 2 aromatic rings. The van der Waals surface area contributed by atoms with Crippen LogP contribution >= 0.6 is 0 Å². The average molecular weight is 310 g/mol. The first-order chi connectivity index (χ1) is 11.3. The molecule has 1 aromatic carbocycles. The standard InChI is InChI=1S/C19H26N4/c20-19-10-4-9-17(23-19)12-16-13-21-14-18(16)22-11-5-8-15-6-2-1-3-7-15/h1-4,6-7,9-10,16,18,21-22H,5,8,11-14H2,(H2,20,23)/t16-,18+/m0/s1. The molecular formula is C19H26N4. The Morgan fingerprint density at radius 1 is 1.09 bits per heavy atom. The van der Waals surface area contributed by atoms with Crippen LogP contribution in [0.15, 0.2) is 48.5 Å². The van der Waals surface area contributed by atoms with E-state index in [0.29, 0.717) is 17.8 Å². The molecule has 0 amide bonds. The molecule has 0 saturated carbocycles. The number of aromatic nitrogens is 1. The van der Waals surface area contributed by atoms with Gasteiger partial charge in [0.15, 0.2) is 0 Å². The second-order valence-electron chi connectivity index (χ2n) is 6.33. The van der Waals surface area contributed by atoms with Crippen LogP contribution in [0.5, 0.6) is 0 Å². The van der Waals surface area contributed by atoms with Crippen LogP contribution in [-0.4, -0.2) is 30.7 Å². The predicted molar refractivity (Wildman–Crippen MR) is 95.3 cm³/mol. The van der Waals surface area contributed by atoms with Gasteiger partial charge in [-0.1, -0.05) is 36.4 Å². The van der Waals surface area contributed by atoms with Crippen LogP contribution in [0.3, 0.4) is 0 Å². The van der Waals surface area contributed by atoms with Crippen molar-refractivity contribution in [3.63, 3.8) is 0 Å². The topological polar surface area (TPSA) is 63.0 Å². The lowest BCUT2D eigenvalue weighted by Crippen LogP contribution is -2.37. The van der Waals surface area contributed by atoms with Crippen LogP contribution in [-0.2, 0) is 12.8 Å². The summed E-state index contributed by atoms with van der Waals surface area (Å²) in [6.45, 7) is 3.15. The first kappa shape index (κ1) is 16.0. The number of pyridine rings is 1. The molecule has 1 saturated heterocycles. The van der Waals surface area contributed by atoms with Crippen LogP contribution in [0.2, 0.25) is 0 Å². The van der Waals surface area contributed by atoms with Crippen molar-refractivity contribution in [2.75, 3.05) is 25.4 Å². The van der Waals surface area contributed by atoms with Crippen molar-refractivity contribution in [3.05, 3.63) is 59.8 Å². The van der Waals surface area contributed by atoms with Crippen LogP contribution in [0, 0.1) is 5.92 Å². The van der Waals surface area contributed by atoms with Gasteiger partial charge in [-0.05, 0) is 56.0 Å². The maximum Gasteiger partial charge on any atom is 0.123 e. The molecule has 0 aliphatic carbocycles. The molecular weight excluding hydrogens is 284 g/mol. The molecule has 0 unspecified atom stereocenters. The van der Waals surface area contributed by atoms with E-state index in [0.717, 1.165) is 38.2 Å². The second-order valence-corrected chi connectivity index (χ2v) is 6.33. The fourth-order valence-corrected chi connectivity index (χ4v) is 3.29. The zero-order valence-corrected chi connectivity index (χ0v) is 13.5. The molecule has 4 heteroatoms. The molecule has 2 atom stereocenters. The highest BCUT2D eigenvalue weighted by Crippen LogP contribution is 2.16. The van der Waals surface area contributed by atoms with Crippen molar-refractivity contribution in [3.8, 4) is 0 Å². The summed E-state index contributed by atoms with van der Waals surface area (Å²) < 4.78 is 0. The van der Waals surface area contributed by atoms with Gasteiger partial charge in [0, 0.05) is 18.3 Å². The molecule has 1 aromatic heterocycles. The number of benzene rings is 1. The van der Waals surface area contributed by atoms with Crippen molar-refractivity contribution in [1.82, 2.24) is 15.6 Å². The lowest BCUT2D eigenvalue weighted by Gasteiger charge is -2.20. The Hall–Kier alpha value is -1.91. The third kappa shape index (κ3) is 4.78. The van der Waals surface area contributed by atoms with Gasteiger partial charge in [-0.3, -0.25) is 0 Å². The number of nitrogens with one attached hydrogen (secondary N) is 2. The molecule has 1 fully saturated rings. The Bertz CT molecular complexity index is 599. The van der Waals surface area contributed by atoms with Gasteiger partial charge in [0.1, 0.15) is 5.82 Å². The molecule has 0 bridgehead atoms. The van der Waals surface area contributed by atoms with Gasteiger partial charge in [-0.15, -0.1) is 0 Å². The number of nitrogens with two attached hydrogens (primary N) is 1. The average Bonchev–Trinajstić information content (AvgIpc) is 3.00. The summed E-state index contributed by atoms with van der Waals surface area (Å²) >= 11 is 0. The van der Waals surface area contributed by atoms with Crippen molar-refractivity contribution in [2.45, 2.75) is 25.3 Å². The number of anilines is 1. The molecule has 1 aliphatic heterocycles. The van der Waals surface area contributed by atoms with Crippen molar-refractivity contribution >= 4 is 5.82 Å². The fraction of sp³-hybridized carbons (Fsp3) is 0.421. The molecule has 0 radical (unpaired) electrons. The van der Waals surface area contributed by atoms with Gasteiger partial charge in [0.2, 0.25) is 0 Å². The lowest BCUT2D eigenvalue weighted by atomic mass is 9.97. The van der Waals surface area contributed by atoms with Gasteiger partial charge in [-0.25, -0.2) is 4.98 Å². The minimum Gasteiger partial charge on any atom is -0.384 e. The van der Waals surface area contributed by atoms with E-state index in [1.807, 2.05) is 12.1 Å². The molecule has 3 rings (SSSR count). The normalized spacial score (nSPS) is 20.7. The molecule has 0 spiro atoms. The maximum absolute atomic E-state index is 5.78. The third-order valence-electron chi connectivity index (χ3n) is 4.53. The largest absolute Gasteiger partial charge is 0.384 e. The number of rotatable bonds is 7. The van der Waals surface area contributed by atoms with E-state index in [4.69, 9.17) is 5.73 Å². The molecule has 4 N–H and O–H groups in total. The fourth-order valence-electron chi connectivity index (χ4n) is 3.29. The SMILES string of the molecule is Nc1cccc(C[C@H]2CNC[C@H]2NCCCc2ccccc2)n1. The first-order valence-electron chi connectivity index (χ1n) is 8.51. The number of nitrogen functional groups attached to an aromatic ring is 1. The van der Waals surface area contributed by atoms with Crippen LogP contribution < -0.4 is 16.4 Å². The number of aryl methyl sites for hydroxylation is 1.